The molecule has 2 aromatic heterocycles. The van der Waals surface area contributed by atoms with E-state index in [0.29, 0.717) is 18.9 Å². The molecule has 13 heteroatoms. The highest BCUT2D eigenvalue weighted by atomic mass is 19.4. The Morgan fingerprint density at radius 2 is 1.80 bits per heavy atom. The summed E-state index contributed by atoms with van der Waals surface area (Å²) < 4.78 is 50.5. The van der Waals surface area contributed by atoms with Crippen molar-refractivity contribution in [3.05, 3.63) is 40.1 Å². The van der Waals surface area contributed by atoms with Crippen molar-refractivity contribution < 1.29 is 27.4 Å². The van der Waals surface area contributed by atoms with Gasteiger partial charge in [0, 0.05) is 44.5 Å². The van der Waals surface area contributed by atoms with E-state index < -0.39 is 35.3 Å². The largest absolute Gasteiger partial charge is 0.486 e. The van der Waals surface area contributed by atoms with Gasteiger partial charge < -0.3 is 19.3 Å². The third kappa shape index (κ3) is 5.72. The standard InChI is InChI=1S/C22H27F3N6O4/c1-13-9-26-21(27-10-13)30-6-3-15(4-7-30)31-8-5-16(20(31)33)34-12-14(2)35-17-11-28-29-19(32)18(17)22(23,24)25/h9-11,14-16H,3-8,12H2,1-2H3,(H,29,32)/t14?,16-/m0/s1. The number of aromatic nitrogens is 4. The van der Waals surface area contributed by atoms with E-state index in [0.717, 1.165) is 37.7 Å². The Balaban J connectivity index is 1.27. The highest BCUT2D eigenvalue weighted by Crippen LogP contribution is 2.33. The van der Waals surface area contributed by atoms with Gasteiger partial charge in [0.25, 0.3) is 11.5 Å². The summed E-state index contributed by atoms with van der Waals surface area (Å²) in [6.07, 6.45) is 0.0108. The van der Waals surface area contributed by atoms with Crippen LogP contribution in [-0.2, 0) is 15.7 Å². The minimum atomic E-state index is -4.89. The van der Waals surface area contributed by atoms with Gasteiger partial charge in [0.2, 0.25) is 5.95 Å². The molecule has 0 spiro atoms. The maximum atomic E-state index is 13.2. The summed E-state index contributed by atoms with van der Waals surface area (Å²) >= 11 is 0. The molecule has 0 aromatic carbocycles. The predicted octanol–water partition coefficient (Wildman–Crippen LogP) is 1.94. The molecular formula is C22H27F3N6O4. The zero-order valence-corrected chi connectivity index (χ0v) is 19.4. The number of amides is 1. The van der Waals surface area contributed by atoms with Crippen molar-refractivity contribution in [1.29, 1.82) is 0 Å². The van der Waals surface area contributed by atoms with E-state index in [1.165, 1.54) is 6.92 Å². The number of nitrogens with zero attached hydrogens (tertiary/aromatic N) is 5. The van der Waals surface area contributed by atoms with Crippen molar-refractivity contribution in [3.8, 4) is 5.75 Å². The lowest BCUT2D eigenvalue weighted by molar-refractivity contribution is -0.141. The molecule has 1 N–H and O–H groups in total. The summed E-state index contributed by atoms with van der Waals surface area (Å²) in [6, 6.07) is 0.0860. The molecule has 0 bridgehead atoms. The van der Waals surface area contributed by atoms with Crippen molar-refractivity contribution in [2.45, 2.75) is 57.5 Å². The maximum absolute atomic E-state index is 13.2. The van der Waals surface area contributed by atoms with Gasteiger partial charge in [-0.1, -0.05) is 0 Å². The van der Waals surface area contributed by atoms with Crippen molar-refractivity contribution in [3.63, 3.8) is 0 Å². The fourth-order valence-corrected chi connectivity index (χ4v) is 4.36. The van der Waals surface area contributed by atoms with E-state index in [-0.39, 0.29) is 18.6 Å². The molecule has 2 aromatic rings. The first-order chi connectivity index (χ1) is 16.6. The number of anilines is 1. The molecule has 35 heavy (non-hydrogen) atoms. The van der Waals surface area contributed by atoms with Crippen molar-refractivity contribution in [2.24, 2.45) is 0 Å². The van der Waals surface area contributed by atoms with Crippen LogP contribution in [0.25, 0.3) is 0 Å². The van der Waals surface area contributed by atoms with Crippen LogP contribution in [0.3, 0.4) is 0 Å². The number of hydrogen-bond donors (Lipinski definition) is 1. The van der Waals surface area contributed by atoms with Crippen LogP contribution in [0.2, 0.25) is 0 Å². The molecule has 0 radical (unpaired) electrons. The lowest BCUT2D eigenvalue weighted by Gasteiger charge is -2.36. The Hall–Kier alpha value is -3.22. The number of H-pyrrole nitrogens is 1. The lowest BCUT2D eigenvalue weighted by atomic mass is 10.0. The van der Waals surface area contributed by atoms with Gasteiger partial charge in [0.05, 0.1) is 12.8 Å². The van der Waals surface area contributed by atoms with Gasteiger partial charge in [0.1, 0.15) is 12.2 Å². The highest BCUT2D eigenvalue weighted by Gasteiger charge is 2.40. The molecule has 4 rings (SSSR count). The summed E-state index contributed by atoms with van der Waals surface area (Å²) in [7, 11) is 0. The summed E-state index contributed by atoms with van der Waals surface area (Å²) in [4.78, 5) is 37.1. The zero-order chi connectivity index (χ0) is 25.2. The Labute approximate surface area is 199 Å². The third-order valence-electron chi connectivity index (χ3n) is 6.11. The van der Waals surface area contributed by atoms with Crippen molar-refractivity contribution in [2.75, 3.05) is 31.1 Å². The number of nitrogens with one attached hydrogen (secondary N) is 1. The van der Waals surface area contributed by atoms with Gasteiger partial charge in [-0.3, -0.25) is 9.59 Å². The van der Waals surface area contributed by atoms with E-state index in [1.54, 1.807) is 17.5 Å². The summed E-state index contributed by atoms with van der Waals surface area (Å²) in [6.45, 7) is 5.35. The van der Waals surface area contributed by atoms with E-state index in [9.17, 15) is 22.8 Å². The van der Waals surface area contributed by atoms with E-state index in [2.05, 4.69) is 20.0 Å². The number of ether oxygens (including phenoxy) is 2. The second-order valence-electron chi connectivity index (χ2n) is 8.79. The number of likely N-dealkylation sites (tertiary alicyclic amines) is 1. The van der Waals surface area contributed by atoms with Crippen LogP contribution < -0.4 is 15.2 Å². The summed E-state index contributed by atoms with van der Waals surface area (Å²) in [5.41, 5.74) is -1.85. The second kappa shape index (κ2) is 10.2. The number of aromatic amines is 1. The molecule has 0 aliphatic carbocycles. The van der Waals surface area contributed by atoms with Gasteiger partial charge in [-0.2, -0.15) is 18.3 Å². The van der Waals surface area contributed by atoms with Crippen LogP contribution >= 0.6 is 0 Å². The first kappa shape index (κ1) is 24.9. The number of halogens is 3. The summed E-state index contributed by atoms with van der Waals surface area (Å²) in [5, 5.41) is 5.13. The first-order valence-electron chi connectivity index (χ1n) is 11.4. The highest BCUT2D eigenvalue weighted by molar-refractivity contribution is 5.83. The minimum absolute atomic E-state index is 0.0860. The van der Waals surface area contributed by atoms with Crippen LogP contribution in [0.4, 0.5) is 19.1 Å². The van der Waals surface area contributed by atoms with Gasteiger partial charge >= 0.3 is 6.18 Å². The average molecular weight is 496 g/mol. The molecule has 190 valence electrons. The number of hydrogen-bond acceptors (Lipinski definition) is 8. The normalized spacial score (nSPS) is 20.4. The topological polar surface area (TPSA) is 114 Å². The molecule has 2 saturated heterocycles. The monoisotopic (exact) mass is 496 g/mol. The van der Waals surface area contributed by atoms with Crippen LogP contribution in [0.5, 0.6) is 5.75 Å². The molecule has 1 amide bonds. The third-order valence-corrected chi connectivity index (χ3v) is 6.11. The average Bonchev–Trinajstić information content (AvgIpc) is 3.18. The van der Waals surface area contributed by atoms with E-state index in [4.69, 9.17) is 9.47 Å². The fourth-order valence-electron chi connectivity index (χ4n) is 4.36. The molecule has 0 saturated carbocycles. The van der Waals surface area contributed by atoms with E-state index in [1.807, 2.05) is 11.8 Å². The maximum Gasteiger partial charge on any atom is 0.425 e. The number of rotatable bonds is 7. The molecule has 2 atom stereocenters. The molecular weight excluding hydrogens is 469 g/mol. The summed E-state index contributed by atoms with van der Waals surface area (Å²) in [5.74, 6) is -0.127. The minimum Gasteiger partial charge on any atom is -0.486 e. The Kier molecular flexibility index (Phi) is 7.24. The van der Waals surface area contributed by atoms with Crippen LogP contribution in [0.15, 0.2) is 23.4 Å². The molecule has 2 fully saturated rings. The molecule has 2 aliphatic rings. The van der Waals surface area contributed by atoms with E-state index >= 15 is 0 Å². The second-order valence-corrected chi connectivity index (χ2v) is 8.79. The van der Waals surface area contributed by atoms with Crippen LogP contribution in [0, 0.1) is 6.92 Å². The number of aryl methyl sites for hydroxylation is 1. The van der Waals surface area contributed by atoms with Gasteiger partial charge in [-0.25, -0.2) is 15.1 Å². The van der Waals surface area contributed by atoms with Gasteiger partial charge in [-0.05, 0) is 32.3 Å². The van der Waals surface area contributed by atoms with Crippen LogP contribution in [0.1, 0.15) is 37.3 Å². The number of alkyl halides is 3. The van der Waals surface area contributed by atoms with Gasteiger partial charge in [-0.15, -0.1) is 0 Å². The van der Waals surface area contributed by atoms with Gasteiger partial charge in [0.15, 0.2) is 11.3 Å². The number of piperidine rings is 1. The Morgan fingerprint density at radius 1 is 1.11 bits per heavy atom. The van der Waals surface area contributed by atoms with Crippen LogP contribution in [-0.4, -0.2) is 75.5 Å². The van der Waals surface area contributed by atoms with Crippen molar-refractivity contribution in [1.82, 2.24) is 25.1 Å². The quantitative estimate of drug-likeness (QED) is 0.619. The molecule has 10 nitrogen and oxygen atoms in total. The Morgan fingerprint density at radius 3 is 2.46 bits per heavy atom. The zero-order valence-electron chi connectivity index (χ0n) is 19.4. The fraction of sp³-hybridized carbons (Fsp3) is 0.591. The SMILES string of the molecule is Cc1cnc(N2CCC(N3CC[C@H](OCC(C)Oc4cn[nH]c(=O)c4C(F)(F)F)C3=O)CC2)nc1. The number of carbonyl (C=O) groups is 1. The Bertz CT molecular complexity index is 1090. The smallest absolute Gasteiger partial charge is 0.425 e. The molecule has 1 unspecified atom stereocenters. The predicted molar refractivity (Wildman–Crippen MR) is 118 cm³/mol. The first-order valence-corrected chi connectivity index (χ1v) is 11.4. The lowest BCUT2D eigenvalue weighted by Crippen LogP contribution is -2.47. The molecule has 4 heterocycles. The molecule has 2 aliphatic heterocycles. The van der Waals surface area contributed by atoms with Crippen molar-refractivity contribution >= 4 is 11.9 Å². The number of carbonyl (C=O) groups excluding carboxylic acids is 1.